The molecule has 0 unspecified atom stereocenters. The Morgan fingerprint density at radius 1 is 1.04 bits per heavy atom. The summed E-state index contributed by atoms with van der Waals surface area (Å²) in [6.07, 6.45) is 3.20. The summed E-state index contributed by atoms with van der Waals surface area (Å²) < 4.78 is 0. The van der Waals surface area contributed by atoms with Gasteiger partial charge in [0, 0.05) is 18.9 Å². The van der Waals surface area contributed by atoms with Crippen LogP contribution in [0.2, 0.25) is 0 Å². The number of amides is 2. The van der Waals surface area contributed by atoms with Crippen molar-refractivity contribution in [2.75, 3.05) is 32.5 Å². The number of hydrogen-bond donors (Lipinski definition) is 3. The third-order valence-electron chi connectivity index (χ3n) is 3.60. The SMILES string of the molecule is CN(C)CCCNC(=O)c1ccccc1NC(=O)c1nccnc1C(=O)O.Cl. The van der Waals surface area contributed by atoms with Crippen molar-refractivity contribution in [1.29, 1.82) is 0 Å². The van der Waals surface area contributed by atoms with Crippen molar-refractivity contribution in [3.63, 3.8) is 0 Å². The van der Waals surface area contributed by atoms with Crippen LogP contribution in [0, 0.1) is 0 Å². The number of carbonyl (C=O) groups excluding carboxylic acids is 2. The molecule has 2 rings (SSSR count). The van der Waals surface area contributed by atoms with Crippen molar-refractivity contribution >= 4 is 35.9 Å². The van der Waals surface area contributed by atoms with Crippen molar-refractivity contribution in [3.05, 3.63) is 53.6 Å². The zero-order valence-electron chi connectivity index (χ0n) is 15.5. The van der Waals surface area contributed by atoms with Gasteiger partial charge in [-0.05, 0) is 39.2 Å². The molecule has 1 aromatic carbocycles. The van der Waals surface area contributed by atoms with Gasteiger partial charge in [0.2, 0.25) is 0 Å². The van der Waals surface area contributed by atoms with Crippen molar-refractivity contribution in [1.82, 2.24) is 20.2 Å². The van der Waals surface area contributed by atoms with E-state index in [1.165, 1.54) is 12.4 Å². The van der Waals surface area contributed by atoms with Gasteiger partial charge in [-0.25, -0.2) is 14.8 Å². The normalized spacial score (nSPS) is 10.1. The van der Waals surface area contributed by atoms with Gasteiger partial charge in [0.05, 0.1) is 11.3 Å². The Bertz CT molecular complexity index is 844. The fourth-order valence-corrected chi connectivity index (χ4v) is 2.32. The molecule has 150 valence electrons. The first-order valence-electron chi connectivity index (χ1n) is 8.27. The number of aromatic nitrogens is 2. The summed E-state index contributed by atoms with van der Waals surface area (Å²) in [5.74, 6) is -2.45. The van der Waals surface area contributed by atoms with Gasteiger partial charge in [0.25, 0.3) is 11.8 Å². The Hall–Kier alpha value is -3.04. The lowest BCUT2D eigenvalue weighted by Crippen LogP contribution is -2.28. The highest BCUT2D eigenvalue weighted by Crippen LogP contribution is 2.16. The predicted octanol–water partition coefficient (Wildman–Crippen LogP) is 1.53. The summed E-state index contributed by atoms with van der Waals surface area (Å²) in [5, 5.41) is 14.5. The van der Waals surface area contributed by atoms with E-state index >= 15 is 0 Å². The number of para-hydroxylation sites is 1. The third-order valence-corrected chi connectivity index (χ3v) is 3.60. The van der Waals surface area contributed by atoms with Crippen LogP contribution in [-0.4, -0.2) is 64.9 Å². The highest BCUT2D eigenvalue weighted by molar-refractivity contribution is 6.11. The van der Waals surface area contributed by atoms with Crippen molar-refractivity contribution in [2.24, 2.45) is 0 Å². The van der Waals surface area contributed by atoms with Crippen LogP contribution in [0.5, 0.6) is 0 Å². The summed E-state index contributed by atoms with van der Waals surface area (Å²) in [7, 11) is 3.90. The summed E-state index contributed by atoms with van der Waals surface area (Å²) >= 11 is 0. The van der Waals surface area contributed by atoms with Crippen LogP contribution >= 0.6 is 12.4 Å². The number of carbonyl (C=O) groups is 3. The van der Waals surface area contributed by atoms with Crippen LogP contribution < -0.4 is 10.6 Å². The quantitative estimate of drug-likeness (QED) is 0.566. The van der Waals surface area contributed by atoms with Crippen LogP contribution in [-0.2, 0) is 0 Å². The highest BCUT2D eigenvalue weighted by Gasteiger charge is 2.21. The number of hydrogen-bond acceptors (Lipinski definition) is 6. The fourth-order valence-electron chi connectivity index (χ4n) is 2.32. The minimum Gasteiger partial charge on any atom is -0.476 e. The van der Waals surface area contributed by atoms with Crippen LogP contribution in [0.15, 0.2) is 36.7 Å². The van der Waals surface area contributed by atoms with Gasteiger partial charge in [-0.15, -0.1) is 12.4 Å². The van der Waals surface area contributed by atoms with Crippen LogP contribution in [0.4, 0.5) is 5.69 Å². The molecule has 0 saturated carbocycles. The lowest BCUT2D eigenvalue weighted by Gasteiger charge is -2.13. The Kier molecular flexibility index (Phi) is 9.00. The zero-order valence-corrected chi connectivity index (χ0v) is 16.3. The molecule has 0 aliphatic heterocycles. The maximum atomic E-state index is 12.4. The standard InChI is InChI=1S/C18H21N5O4.ClH/c1-23(2)11-5-8-21-16(24)12-6-3-4-7-13(12)22-17(25)14-15(18(26)27)20-10-9-19-14;/h3-4,6-7,9-10H,5,8,11H2,1-2H3,(H,21,24)(H,22,25)(H,26,27);1H. The number of rotatable bonds is 8. The molecular weight excluding hydrogens is 386 g/mol. The first-order valence-corrected chi connectivity index (χ1v) is 8.27. The van der Waals surface area contributed by atoms with Crippen molar-refractivity contribution in [2.45, 2.75) is 6.42 Å². The molecule has 10 heteroatoms. The smallest absolute Gasteiger partial charge is 0.356 e. The van der Waals surface area contributed by atoms with E-state index in [0.717, 1.165) is 13.0 Å². The molecule has 28 heavy (non-hydrogen) atoms. The summed E-state index contributed by atoms with van der Waals surface area (Å²) in [6, 6.07) is 6.47. The molecule has 1 heterocycles. The molecule has 0 spiro atoms. The monoisotopic (exact) mass is 407 g/mol. The van der Waals surface area contributed by atoms with Crippen molar-refractivity contribution < 1.29 is 19.5 Å². The van der Waals surface area contributed by atoms with E-state index in [1.807, 2.05) is 19.0 Å². The van der Waals surface area contributed by atoms with E-state index in [2.05, 4.69) is 20.6 Å². The second kappa shape index (κ2) is 11.0. The number of carboxylic acid groups (broad SMARTS) is 1. The number of benzene rings is 1. The van der Waals surface area contributed by atoms with E-state index in [0.29, 0.717) is 6.54 Å². The molecule has 0 saturated heterocycles. The molecule has 0 radical (unpaired) electrons. The second-order valence-electron chi connectivity index (χ2n) is 5.97. The Morgan fingerprint density at radius 3 is 2.32 bits per heavy atom. The van der Waals surface area contributed by atoms with Gasteiger partial charge < -0.3 is 20.6 Å². The minimum atomic E-state index is -1.36. The Morgan fingerprint density at radius 2 is 1.68 bits per heavy atom. The van der Waals surface area contributed by atoms with Crippen LogP contribution in [0.3, 0.4) is 0 Å². The minimum absolute atomic E-state index is 0. The van der Waals surface area contributed by atoms with Gasteiger partial charge >= 0.3 is 5.97 Å². The lowest BCUT2D eigenvalue weighted by molar-refractivity contribution is 0.0684. The van der Waals surface area contributed by atoms with E-state index in [-0.39, 0.29) is 35.3 Å². The summed E-state index contributed by atoms with van der Waals surface area (Å²) in [4.78, 5) is 45.5. The van der Waals surface area contributed by atoms with Crippen LogP contribution in [0.25, 0.3) is 0 Å². The molecule has 3 N–H and O–H groups in total. The molecule has 9 nitrogen and oxygen atoms in total. The van der Waals surface area contributed by atoms with Crippen LogP contribution in [0.1, 0.15) is 37.8 Å². The van der Waals surface area contributed by atoms with E-state index in [4.69, 9.17) is 5.11 Å². The topological polar surface area (TPSA) is 125 Å². The summed E-state index contributed by atoms with van der Waals surface area (Å²) in [5.41, 5.74) is -0.252. The van der Waals surface area contributed by atoms with Gasteiger partial charge in [-0.3, -0.25) is 9.59 Å². The average molecular weight is 408 g/mol. The molecule has 0 aliphatic rings. The molecule has 0 aliphatic carbocycles. The molecule has 1 aromatic heterocycles. The molecule has 0 bridgehead atoms. The highest BCUT2D eigenvalue weighted by atomic mass is 35.5. The lowest BCUT2D eigenvalue weighted by atomic mass is 10.1. The van der Waals surface area contributed by atoms with Crippen molar-refractivity contribution in [3.8, 4) is 0 Å². The number of anilines is 1. The molecule has 0 fully saturated rings. The fraction of sp³-hybridized carbons (Fsp3) is 0.278. The second-order valence-corrected chi connectivity index (χ2v) is 5.97. The number of nitrogens with zero attached hydrogens (tertiary/aromatic N) is 3. The Labute approximate surface area is 168 Å². The zero-order chi connectivity index (χ0) is 19.8. The third kappa shape index (κ3) is 6.29. The number of aromatic carboxylic acids is 1. The maximum Gasteiger partial charge on any atom is 0.356 e. The molecule has 2 amide bonds. The maximum absolute atomic E-state index is 12.4. The predicted molar refractivity (Wildman–Crippen MR) is 106 cm³/mol. The van der Waals surface area contributed by atoms with E-state index in [1.54, 1.807) is 24.3 Å². The first kappa shape index (κ1) is 23.0. The number of carboxylic acids is 1. The average Bonchev–Trinajstić information content (AvgIpc) is 2.65. The van der Waals surface area contributed by atoms with Gasteiger partial charge in [-0.2, -0.15) is 0 Å². The first-order chi connectivity index (χ1) is 12.9. The number of nitrogens with one attached hydrogen (secondary N) is 2. The summed E-state index contributed by atoms with van der Waals surface area (Å²) in [6.45, 7) is 1.33. The molecular formula is C18H22ClN5O4. The van der Waals surface area contributed by atoms with E-state index < -0.39 is 17.6 Å². The Balaban J connectivity index is 0.00000392. The van der Waals surface area contributed by atoms with Gasteiger partial charge in [-0.1, -0.05) is 12.1 Å². The number of halogens is 1. The largest absolute Gasteiger partial charge is 0.476 e. The van der Waals surface area contributed by atoms with Gasteiger partial charge in [0.15, 0.2) is 11.4 Å². The van der Waals surface area contributed by atoms with E-state index in [9.17, 15) is 14.4 Å². The van der Waals surface area contributed by atoms with Gasteiger partial charge in [0.1, 0.15) is 0 Å². The molecule has 0 atom stereocenters. The molecule has 2 aromatic rings.